The summed E-state index contributed by atoms with van der Waals surface area (Å²) in [7, 11) is 0. The topological polar surface area (TPSA) is 28.4 Å². The fourth-order valence-corrected chi connectivity index (χ4v) is 2.21. The number of piperidine rings is 1. The van der Waals surface area contributed by atoms with Crippen LogP contribution in [0, 0.1) is 6.92 Å². The molecule has 1 aliphatic rings. The summed E-state index contributed by atoms with van der Waals surface area (Å²) in [4.78, 5) is 2.55. The Morgan fingerprint density at radius 2 is 2.12 bits per heavy atom. The van der Waals surface area contributed by atoms with Gasteiger partial charge in [-0.05, 0) is 44.5 Å². The molecule has 0 atom stereocenters. The first-order chi connectivity index (χ1) is 7.86. The van der Waals surface area contributed by atoms with Crippen molar-refractivity contribution in [1.82, 2.24) is 10.2 Å². The average Bonchev–Trinajstić information content (AvgIpc) is 2.72. The summed E-state index contributed by atoms with van der Waals surface area (Å²) in [5.74, 6) is 1.07. The minimum Gasteiger partial charge on any atom is -0.468 e. The minimum atomic E-state index is 0.854. The van der Waals surface area contributed by atoms with Gasteiger partial charge in [0, 0.05) is 13.1 Å². The number of nitrogens with zero attached hydrogens (tertiary/aromatic N) is 1. The number of aryl methyl sites for hydroxylation is 1. The Labute approximate surface area is 97.8 Å². The summed E-state index contributed by atoms with van der Waals surface area (Å²) in [6.07, 6.45) is 5.92. The number of hydrogen-bond donors (Lipinski definition) is 1. The minimum absolute atomic E-state index is 0.854. The zero-order chi connectivity index (χ0) is 11.2. The molecule has 2 rings (SSSR count). The van der Waals surface area contributed by atoms with Gasteiger partial charge in [-0.15, -0.1) is 0 Å². The molecular formula is C13H22N2O. The highest BCUT2D eigenvalue weighted by Gasteiger charge is 2.09. The van der Waals surface area contributed by atoms with Gasteiger partial charge in [0.2, 0.25) is 0 Å². The maximum Gasteiger partial charge on any atom is 0.120 e. The third kappa shape index (κ3) is 3.35. The summed E-state index contributed by atoms with van der Waals surface area (Å²) in [6, 6.07) is 2.02. The van der Waals surface area contributed by atoms with Crippen LogP contribution in [0.1, 0.15) is 30.6 Å². The highest BCUT2D eigenvalue weighted by molar-refractivity contribution is 5.13. The molecule has 1 aromatic rings. The van der Waals surface area contributed by atoms with Crippen LogP contribution in [-0.4, -0.2) is 31.1 Å². The van der Waals surface area contributed by atoms with E-state index in [2.05, 4.69) is 17.1 Å². The second-order valence-electron chi connectivity index (χ2n) is 4.61. The Morgan fingerprint density at radius 3 is 2.81 bits per heavy atom. The largest absolute Gasteiger partial charge is 0.468 e. The molecule has 3 heteroatoms. The van der Waals surface area contributed by atoms with E-state index in [4.69, 9.17) is 4.42 Å². The first-order valence-electron chi connectivity index (χ1n) is 6.32. The molecule has 0 spiro atoms. The summed E-state index contributed by atoms with van der Waals surface area (Å²) in [5.41, 5.74) is 1.24. The fourth-order valence-electron chi connectivity index (χ4n) is 2.21. The maximum absolute atomic E-state index is 5.38. The normalized spacial score (nSPS) is 17.8. The summed E-state index contributed by atoms with van der Waals surface area (Å²) < 4.78 is 5.38. The van der Waals surface area contributed by atoms with Crippen LogP contribution in [0.15, 0.2) is 16.7 Å². The standard InChI is InChI=1S/C13H22N2O/c1-12-5-10-16-13(12)11-14-6-9-15-7-3-2-4-8-15/h5,10,14H,2-4,6-9,11H2,1H3. The predicted molar refractivity (Wildman–Crippen MR) is 65.4 cm³/mol. The van der Waals surface area contributed by atoms with Crippen LogP contribution in [0.5, 0.6) is 0 Å². The molecule has 0 radical (unpaired) electrons. The van der Waals surface area contributed by atoms with Crippen molar-refractivity contribution in [2.24, 2.45) is 0 Å². The lowest BCUT2D eigenvalue weighted by atomic mass is 10.1. The second kappa shape index (κ2) is 6.06. The molecule has 1 saturated heterocycles. The van der Waals surface area contributed by atoms with E-state index in [0.717, 1.165) is 18.8 Å². The van der Waals surface area contributed by atoms with E-state index >= 15 is 0 Å². The van der Waals surface area contributed by atoms with Gasteiger partial charge in [0.25, 0.3) is 0 Å². The highest BCUT2D eigenvalue weighted by Crippen LogP contribution is 2.09. The molecule has 1 aromatic heterocycles. The first kappa shape index (κ1) is 11.7. The molecule has 1 N–H and O–H groups in total. The number of hydrogen-bond acceptors (Lipinski definition) is 3. The molecule has 16 heavy (non-hydrogen) atoms. The van der Waals surface area contributed by atoms with E-state index in [1.165, 1.54) is 44.5 Å². The molecule has 0 amide bonds. The number of furan rings is 1. The van der Waals surface area contributed by atoms with Gasteiger partial charge in [-0.2, -0.15) is 0 Å². The Morgan fingerprint density at radius 1 is 1.31 bits per heavy atom. The van der Waals surface area contributed by atoms with E-state index in [9.17, 15) is 0 Å². The second-order valence-corrected chi connectivity index (χ2v) is 4.61. The van der Waals surface area contributed by atoms with Crippen LogP contribution >= 0.6 is 0 Å². The molecule has 0 bridgehead atoms. The molecule has 0 aliphatic carbocycles. The van der Waals surface area contributed by atoms with Crippen molar-refractivity contribution < 1.29 is 4.42 Å². The van der Waals surface area contributed by atoms with Crippen LogP contribution in [0.3, 0.4) is 0 Å². The van der Waals surface area contributed by atoms with Crippen LogP contribution in [0.4, 0.5) is 0 Å². The van der Waals surface area contributed by atoms with E-state index < -0.39 is 0 Å². The Kier molecular flexibility index (Phi) is 4.43. The van der Waals surface area contributed by atoms with Gasteiger partial charge in [0.05, 0.1) is 12.8 Å². The van der Waals surface area contributed by atoms with Gasteiger partial charge in [0.1, 0.15) is 5.76 Å². The number of nitrogens with one attached hydrogen (secondary N) is 1. The van der Waals surface area contributed by atoms with Crippen molar-refractivity contribution in [3.63, 3.8) is 0 Å². The summed E-state index contributed by atoms with van der Waals surface area (Å²) >= 11 is 0. The summed E-state index contributed by atoms with van der Waals surface area (Å²) in [5, 5.41) is 3.44. The van der Waals surface area contributed by atoms with Gasteiger partial charge in [-0.3, -0.25) is 0 Å². The third-order valence-electron chi connectivity index (χ3n) is 3.31. The monoisotopic (exact) mass is 222 g/mol. The van der Waals surface area contributed by atoms with E-state index in [1.54, 1.807) is 6.26 Å². The van der Waals surface area contributed by atoms with Gasteiger partial charge >= 0.3 is 0 Å². The average molecular weight is 222 g/mol. The quantitative estimate of drug-likeness (QED) is 0.774. The van der Waals surface area contributed by atoms with Crippen molar-refractivity contribution in [2.75, 3.05) is 26.2 Å². The molecule has 0 aromatic carbocycles. The lowest BCUT2D eigenvalue weighted by Gasteiger charge is -2.26. The Bertz CT molecular complexity index is 303. The van der Waals surface area contributed by atoms with Crippen molar-refractivity contribution in [3.8, 4) is 0 Å². The smallest absolute Gasteiger partial charge is 0.120 e. The van der Waals surface area contributed by atoms with Crippen LogP contribution in [0.25, 0.3) is 0 Å². The Balaban J connectivity index is 1.59. The maximum atomic E-state index is 5.38. The Hall–Kier alpha value is -0.800. The number of likely N-dealkylation sites (tertiary alicyclic amines) is 1. The molecule has 2 heterocycles. The van der Waals surface area contributed by atoms with Crippen LogP contribution < -0.4 is 5.32 Å². The zero-order valence-corrected chi connectivity index (χ0v) is 10.2. The molecule has 3 nitrogen and oxygen atoms in total. The third-order valence-corrected chi connectivity index (χ3v) is 3.31. The number of rotatable bonds is 5. The molecule has 1 fully saturated rings. The van der Waals surface area contributed by atoms with Crippen molar-refractivity contribution in [1.29, 1.82) is 0 Å². The lowest BCUT2D eigenvalue weighted by molar-refractivity contribution is 0.228. The van der Waals surface area contributed by atoms with Gasteiger partial charge in [-0.1, -0.05) is 6.42 Å². The summed E-state index contributed by atoms with van der Waals surface area (Å²) in [6.45, 7) is 7.72. The van der Waals surface area contributed by atoms with Crippen LogP contribution in [-0.2, 0) is 6.54 Å². The van der Waals surface area contributed by atoms with Crippen molar-refractivity contribution in [3.05, 3.63) is 23.7 Å². The zero-order valence-electron chi connectivity index (χ0n) is 10.2. The molecular weight excluding hydrogens is 200 g/mol. The van der Waals surface area contributed by atoms with Gasteiger partial charge in [-0.25, -0.2) is 0 Å². The van der Waals surface area contributed by atoms with Gasteiger partial charge in [0.15, 0.2) is 0 Å². The fraction of sp³-hybridized carbons (Fsp3) is 0.692. The van der Waals surface area contributed by atoms with E-state index in [-0.39, 0.29) is 0 Å². The molecule has 0 unspecified atom stereocenters. The van der Waals surface area contributed by atoms with Crippen molar-refractivity contribution >= 4 is 0 Å². The molecule has 0 saturated carbocycles. The van der Waals surface area contributed by atoms with E-state index in [1.807, 2.05) is 6.07 Å². The van der Waals surface area contributed by atoms with E-state index in [0.29, 0.717) is 0 Å². The molecule has 1 aliphatic heterocycles. The SMILES string of the molecule is Cc1ccoc1CNCCN1CCCCC1. The predicted octanol–water partition coefficient (Wildman–Crippen LogP) is 2.16. The molecule has 90 valence electrons. The lowest BCUT2D eigenvalue weighted by Crippen LogP contribution is -2.35. The van der Waals surface area contributed by atoms with Crippen molar-refractivity contribution in [2.45, 2.75) is 32.7 Å². The highest BCUT2D eigenvalue weighted by atomic mass is 16.3. The van der Waals surface area contributed by atoms with Gasteiger partial charge < -0.3 is 14.6 Å². The first-order valence-corrected chi connectivity index (χ1v) is 6.32. The van der Waals surface area contributed by atoms with Crippen LogP contribution in [0.2, 0.25) is 0 Å².